The Balaban J connectivity index is 2.51. The molecule has 1 aromatic carbocycles. The molecule has 0 nitrogen and oxygen atoms in total. The lowest BCUT2D eigenvalue weighted by Gasteiger charge is -2.21. The molecule has 0 spiro atoms. The average molecular weight is 195 g/mol. The molecule has 0 bridgehead atoms. The van der Waals surface area contributed by atoms with Gasteiger partial charge in [-0.2, -0.15) is 0 Å². The van der Waals surface area contributed by atoms with Crippen LogP contribution in [0.4, 0.5) is 0 Å². The van der Waals surface area contributed by atoms with E-state index in [2.05, 4.69) is 39.0 Å². The highest BCUT2D eigenvalue weighted by Crippen LogP contribution is 2.49. The van der Waals surface area contributed by atoms with Crippen LogP contribution in [0, 0.1) is 12.3 Å². The number of benzene rings is 1. The number of hydrogen-bond acceptors (Lipinski definition) is 0. The van der Waals surface area contributed by atoms with Gasteiger partial charge in [0.15, 0.2) is 0 Å². The summed E-state index contributed by atoms with van der Waals surface area (Å²) in [7, 11) is 0. The SMILES string of the molecule is Cc1ccc2c(c1)C(Cl)C(C)(C)C2. The fourth-order valence-corrected chi connectivity index (χ4v) is 2.39. The first-order valence-electron chi connectivity index (χ1n) is 4.74. The largest absolute Gasteiger partial charge is 0.117 e. The highest BCUT2D eigenvalue weighted by atomic mass is 35.5. The Kier molecular flexibility index (Phi) is 1.92. The van der Waals surface area contributed by atoms with E-state index < -0.39 is 0 Å². The molecule has 0 N–H and O–H groups in total. The maximum atomic E-state index is 6.41. The van der Waals surface area contributed by atoms with Gasteiger partial charge in [0.05, 0.1) is 5.38 Å². The lowest BCUT2D eigenvalue weighted by atomic mass is 9.90. The summed E-state index contributed by atoms with van der Waals surface area (Å²) >= 11 is 6.41. The molecule has 0 aliphatic heterocycles. The number of halogens is 1. The van der Waals surface area contributed by atoms with Gasteiger partial charge in [-0.05, 0) is 29.9 Å². The molecule has 2 rings (SSSR count). The Bertz CT molecular complexity index is 339. The van der Waals surface area contributed by atoms with E-state index in [-0.39, 0.29) is 10.8 Å². The van der Waals surface area contributed by atoms with Crippen molar-refractivity contribution in [3.63, 3.8) is 0 Å². The summed E-state index contributed by atoms with van der Waals surface area (Å²) < 4.78 is 0. The molecule has 0 radical (unpaired) electrons. The Hall–Kier alpha value is -0.490. The van der Waals surface area contributed by atoms with Gasteiger partial charge in [-0.25, -0.2) is 0 Å². The lowest BCUT2D eigenvalue weighted by Crippen LogP contribution is -2.12. The minimum Gasteiger partial charge on any atom is -0.117 e. The molecular formula is C12H15Cl. The number of fused-ring (bicyclic) bond motifs is 1. The molecule has 1 aliphatic rings. The van der Waals surface area contributed by atoms with Gasteiger partial charge < -0.3 is 0 Å². The van der Waals surface area contributed by atoms with E-state index in [4.69, 9.17) is 11.6 Å². The van der Waals surface area contributed by atoms with Crippen LogP contribution in [0.2, 0.25) is 0 Å². The number of hydrogen-bond donors (Lipinski definition) is 0. The summed E-state index contributed by atoms with van der Waals surface area (Å²) in [5.41, 5.74) is 4.29. The fourth-order valence-electron chi connectivity index (χ4n) is 2.11. The van der Waals surface area contributed by atoms with Gasteiger partial charge in [0.2, 0.25) is 0 Å². The van der Waals surface area contributed by atoms with E-state index in [0.29, 0.717) is 0 Å². The van der Waals surface area contributed by atoms with E-state index in [9.17, 15) is 0 Å². The first-order valence-corrected chi connectivity index (χ1v) is 5.18. The van der Waals surface area contributed by atoms with Gasteiger partial charge in [0.1, 0.15) is 0 Å². The molecule has 1 atom stereocenters. The fraction of sp³-hybridized carbons (Fsp3) is 0.500. The van der Waals surface area contributed by atoms with Gasteiger partial charge in [0.25, 0.3) is 0 Å². The average Bonchev–Trinajstić information content (AvgIpc) is 2.26. The Labute approximate surface area is 84.9 Å². The highest BCUT2D eigenvalue weighted by molar-refractivity contribution is 6.21. The quantitative estimate of drug-likeness (QED) is 0.551. The summed E-state index contributed by atoms with van der Waals surface area (Å²) in [5.74, 6) is 0. The van der Waals surface area contributed by atoms with Crippen molar-refractivity contribution in [1.29, 1.82) is 0 Å². The van der Waals surface area contributed by atoms with Crippen molar-refractivity contribution < 1.29 is 0 Å². The van der Waals surface area contributed by atoms with Crippen LogP contribution in [0.5, 0.6) is 0 Å². The van der Waals surface area contributed by atoms with Crippen LogP contribution >= 0.6 is 11.6 Å². The van der Waals surface area contributed by atoms with Gasteiger partial charge >= 0.3 is 0 Å². The van der Waals surface area contributed by atoms with Crippen molar-refractivity contribution >= 4 is 11.6 Å². The standard InChI is InChI=1S/C12H15Cl/c1-8-4-5-9-7-12(2,3)11(13)10(9)6-8/h4-6,11H,7H2,1-3H3. The van der Waals surface area contributed by atoms with E-state index in [1.807, 2.05) is 0 Å². The minimum atomic E-state index is 0.183. The van der Waals surface area contributed by atoms with Gasteiger partial charge in [-0.1, -0.05) is 37.6 Å². The molecule has 0 saturated carbocycles. The lowest BCUT2D eigenvalue weighted by molar-refractivity contribution is 0.379. The molecule has 70 valence electrons. The molecule has 0 fully saturated rings. The van der Waals surface area contributed by atoms with Crippen LogP contribution in [0.25, 0.3) is 0 Å². The van der Waals surface area contributed by atoms with Gasteiger partial charge in [-0.3, -0.25) is 0 Å². The molecule has 0 saturated heterocycles. The molecule has 0 aromatic heterocycles. The number of aryl methyl sites for hydroxylation is 1. The van der Waals surface area contributed by atoms with Crippen molar-refractivity contribution in [2.75, 3.05) is 0 Å². The molecule has 0 amide bonds. The Morgan fingerprint density at radius 1 is 1.38 bits per heavy atom. The minimum absolute atomic E-state index is 0.183. The zero-order chi connectivity index (χ0) is 9.64. The molecule has 1 heteroatoms. The molecule has 13 heavy (non-hydrogen) atoms. The van der Waals surface area contributed by atoms with E-state index in [0.717, 1.165) is 6.42 Å². The van der Waals surface area contributed by atoms with Crippen molar-refractivity contribution in [1.82, 2.24) is 0 Å². The monoisotopic (exact) mass is 194 g/mol. The zero-order valence-electron chi connectivity index (χ0n) is 8.39. The summed E-state index contributed by atoms with van der Waals surface area (Å²) in [5, 5.41) is 0.183. The van der Waals surface area contributed by atoms with Crippen molar-refractivity contribution in [2.45, 2.75) is 32.6 Å². The normalized spacial score (nSPS) is 24.5. The van der Waals surface area contributed by atoms with Crippen molar-refractivity contribution in [2.24, 2.45) is 5.41 Å². The second-order valence-corrected chi connectivity index (χ2v) is 5.17. The first kappa shape index (κ1) is 9.08. The third-order valence-electron chi connectivity index (χ3n) is 2.91. The summed E-state index contributed by atoms with van der Waals surface area (Å²) in [4.78, 5) is 0. The smallest absolute Gasteiger partial charge is 0.0642 e. The second kappa shape index (κ2) is 2.75. The van der Waals surface area contributed by atoms with Crippen LogP contribution in [0.3, 0.4) is 0 Å². The summed E-state index contributed by atoms with van der Waals surface area (Å²) in [6, 6.07) is 6.61. The Morgan fingerprint density at radius 2 is 2.08 bits per heavy atom. The van der Waals surface area contributed by atoms with E-state index in [1.54, 1.807) is 0 Å². The first-order chi connectivity index (χ1) is 6.00. The third kappa shape index (κ3) is 1.38. The van der Waals surface area contributed by atoms with Crippen LogP contribution in [0.1, 0.15) is 35.9 Å². The van der Waals surface area contributed by atoms with Gasteiger partial charge in [-0.15, -0.1) is 11.6 Å². The Morgan fingerprint density at radius 3 is 2.77 bits per heavy atom. The predicted molar refractivity (Wildman–Crippen MR) is 57.3 cm³/mol. The number of alkyl halides is 1. The topological polar surface area (TPSA) is 0 Å². The third-order valence-corrected chi connectivity index (χ3v) is 3.73. The maximum absolute atomic E-state index is 6.41. The molecule has 1 aromatic rings. The highest BCUT2D eigenvalue weighted by Gasteiger charge is 2.37. The van der Waals surface area contributed by atoms with Gasteiger partial charge in [0, 0.05) is 0 Å². The molecule has 1 unspecified atom stereocenters. The summed E-state index contributed by atoms with van der Waals surface area (Å²) in [6.07, 6.45) is 1.11. The second-order valence-electron chi connectivity index (χ2n) is 4.73. The van der Waals surface area contributed by atoms with Crippen molar-refractivity contribution in [3.05, 3.63) is 34.9 Å². The van der Waals surface area contributed by atoms with Crippen LogP contribution in [-0.4, -0.2) is 0 Å². The van der Waals surface area contributed by atoms with E-state index >= 15 is 0 Å². The molecule has 1 aliphatic carbocycles. The molecular weight excluding hydrogens is 180 g/mol. The van der Waals surface area contributed by atoms with Crippen molar-refractivity contribution in [3.8, 4) is 0 Å². The maximum Gasteiger partial charge on any atom is 0.0642 e. The summed E-state index contributed by atoms with van der Waals surface area (Å²) in [6.45, 7) is 6.59. The van der Waals surface area contributed by atoms with E-state index in [1.165, 1.54) is 16.7 Å². The van der Waals surface area contributed by atoms with Crippen LogP contribution in [0.15, 0.2) is 18.2 Å². The van der Waals surface area contributed by atoms with Crippen LogP contribution < -0.4 is 0 Å². The van der Waals surface area contributed by atoms with Crippen LogP contribution in [-0.2, 0) is 6.42 Å². The zero-order valence-corrected chi connectivity index (χ0v) is 9.15. The predicted octanol–water partition coefficient (Wildman–Crippen LogP) is 3.86. The number of rotatable bonds is 0. The molecule has 0 heterocycles.